The zero-order chi connectivity index (χ0) is 21.6. The molecule has 4 rings (SSSR count). The van der Waals surface area contributed by atoms with Gasteiger partial charge in [-0.15, -0.1) is 0 Å². The summed E-state index contributed by atoms with van der Waals surface area (Å²) in [4.78, 5) is 33.7. The van der Waals surface area contributed by atoms with Gasteiger partial charge < -0.3 is 19.0 Å². The highest BCUT2D eigenvalue weighted by Gasteiger charge is 2.21. The first kappa shape index (κ1) is 20.5. The fourth-order valence-electron chi connectivity index (χ4n) is 2.76. The van der Waals surface area contributed by atoms with Crippen LogP contribution in [0.5, 0.6) is 0 Å². The third kappa shape index (κ3) is 4.86. The molecule has 3 aromatic heterocycles. The van der Waals surface area contributed by atoms with Gasteiger partial charge in [0.05, 0.1) is 18.6 Å². The van der Waals surface area contributed by atoms with E-state index in [0.29, 0.717) is 33.2 Å². The SMILES string of the molecule is CCOC(=O)c1sc(NC(=O)CCc2nc(-c3ccco3)no2)nc1-c1ccccc1. The molecule has 0 fully saturated rings. The van der Waals surface area contributed by atoms with Gasteiger partial charge in [0.25, 0.3) is 0 Å². The fraction of sp³-hybridized carbons (Fsp3) is 0.190. The summed E-state index contributed by atoms with van der Waals surface area (Å²) in [6.07, 6.45) is 1.87. The summed E-state index contributed by atoms with van der Waals surface area (Å²) in [5.41, 5.74) is 1.23. The minimum Gasteiger partial charge on any atom is -0.462 e. The molecule has 10 heteroatoms. The van der Waals surface area contributed by atoms with Crippen LogP contribution in [0.15, 0.2) is 57.7 Å². The molecule has 9 nitrogen and oxygen atoms in total. The number of carbonyl (C=O) groups excluding carboxylic acids is 2. The lowest BCUT2D eigenvalue weighted by Gasteiger charge is -2.01. The lowest BCUT2D eigenvalue weighted by Crippen LogP contribution is -2.12. The van der Waals surface area contributed by atoms with Crippen molar-refractivity contribution in [3.63, 3.8) is 0 Å². The van der Waals surface area contributed by atoms with E-state index < -0.39 is 5.97 Å². The largest absolute Gasteiger partial charge is 0.462 e. The molecule has 0 saturated heterocycles. The zero-order valence-electron chi connectivity index (χ0n) is 16.5. The minimum atomic E-state index is -0.476. The Bertz CT molecular complexity index is 1170. The second-order valence-electron chi connectivity index (χ2n) is 6.32. The minimum absolute atomic E-state index is 0.106. The van der Waals surface area contributed by atoms with Gasteiger partial charge >= 0.3 is 5.97 Å². The van der Waals surface area contributed by atoms with Crippen molar-refractivity contribution < 1.29 is 23.3 Å². The third-order valence-corrected chi connectivity index (χ3v) is 5.11. The van der Waals surface area contributed by atoms with E-state index in [1.54, 1.807) is 19.1 Å². The zero-order valence-corrected chi connectivity index (χ0v) is 17.3. The van der Waals surface area contributed by atoms with Crippen LogP contribution >= 0.6 is 11.3 Å². The first-order valence-electron chi connectivity index (χ1n) is 9.53. The standard InChI is InChI=1S/C21H18N4O5S/c1-2-28-20(27)18-17(13-7-4-3-5-8-13)24-21(31-18)22-15(26)10-11-16-23-19(25-30-16)14-9-6-12-29-14/h3-9,12H,2,10-11H2,1H3,(H,22,24,26). The van der Waals surface area contributed by atoms with Crippen molar-refractivity contribution in [1.82, 2.24) is 15.1 Å². The second kappa shape index (κ2) is 9.35. The molecule has 31 heavy (non-hydrogen) atoms. The summed E-state index contributed by atoms with van der Waals surface area (Å²) in [5.74, 6) is 0.365. The number of esters is 1. The molecule has 0 saturated carbocycles. The van der Waals surface area contributed by atoms with Crippen LogP contribution in [0.25, 0.3) is 22.8 Å². The molecule has 0 aliphatic carbocycles. The lowest BCUT2D eigenvalue weighted by atomic mass is 10.1. The number of benzene rings is 1. The first-order valence-corrected chi connectivity index (χ1v) is 10.4. The fourth-order valence-corrected chi connectivity index (χ4v) is 3.66. The summed E-state index contributed by atoms with van der Waals surface area (Å²) >= 11 is 1.07. The Morgan fingerprint density at radius 1 is 1.13 bits per heavy atom. The number of aryl methyl sites for hydroxylation is 1. The molecule has 0 radical (unpaired) electrons. The van der Waals surface area contributed by atoms with Gasteiger partial charge in [-0.3, -0.25) is 4.79 Å². The van der Waals surface area contributed by atoms with E-state index in [9.17, 15) is 9.59 Å². The van der Waals surface area contributed by atoms with Crippen molar-refractivity contribution in [2.45, 2.75) is 19.8 Å². The normalized spacial score (nSPS) is 10.7. The Morgan fingerprint density at radius 3 is 2.71 bits per heavy atom. The molecule has 158 valence electrons. The van der Waals surface area contributed by atoms with Crippen molar-refractivity contribution in [3.05, 3.63) is 59.5 Å². The molecule has 0 spiro atoms. The second-order valence-corrected chi connectivity index (χ2v) is 7.32. The molecule has 0 atom stereocenters. The summed E-state index contributed by atoms with van der Waals surface area (Å²) in [6.45, 7) is 1.98. The number of hydrogen-bond acceptors (Lipinski definition) is 9. The summed E-state index contributed by atoms with van der Waals surface area (Å²) in [7, 11) is 0. The van der Waals surface area contributed by atoms with E-state index >= 15 is 0 Å². The van der Waals surface area contributed by atoms with E-state index in [4.69, 9.17) is 13.7 Å². The molecular weight excluding hydrogens is 420 g/mol. The number of amides is 1. The topological polar surface area (TPSA) is 120 Å². The molecule has 1 aromatic carbocycles. The van der Waals surface area contributed by atoms with Crippen LogP contribution in [0.3, 0.4) is 0 Å². The number of rotatable bonds is 8. The van der Waals surface area contributed by atoms with E-state index in [1.165, 1.54) is 6.26 Å². The Hall–Kier alpha value is -3.79. The Kier molecular flexibility index (Phi) is 6.18. The van der Waals surface area contributed by atoms with Crippen LogP contribution in [-0.2, 0) is 16.0 Å². The van der Waals surface area contributed by atoms with Crippen molar-refractivity contribution in [1.29, 1.82) is 0 Å². The Labute approximate surface area is 181 Å². The van der Waals surface area contributed by atoms with Crippen LogP contribution in [-0.4, -0.2) is 33.6 Å². The van der Waals surface area contributed by atoms with E-state index in [0.717, 1.165) is 16.9 Å². The predicted molar refractivity (Wildman–Crippen MR) is 112 cm³/mol. The smallest absolute Gasteiger partial charge is 0.350 e. The van der Waals surface area contributed by atoms with E-state index in [1.807, 2.05) is 30.3 Å². The number of aromatic nitrogens is 3. The molecule has 1 N–H and O–H groups in total. The molecule has 1 amide bonds. The number of ether oxygens (including phenoxy) is 1. The monoisotopic (exact) mass is 438 g/mol. The van der Waals surface area contributed by atoms with E-state index in [-0.39, 0.29) is 25.4 Å². The van der Waals surface area contributed by atoms with Crippen LogP contribution < -0.4 is 5.32 Å². The van der Waals surface area contributed by atoms with Crippen LogP contribution in [0, 0.1) is 0 Å². The molecule has 0 bridgehead atoms. The quantitative estimate of drug-likeness (QED) is 0.406. The van der Waals surface area contributed by atoms with E-state index in [2.05, 4.69) is 20.4 Å². The highest BCUT2D eigenvalue weighted by Crippen LogP contribution is 2.32. The number of nitrogens with one attached hydrogen (secondary N) is 1. The molecule has 0 unspecified atom stereocenters. The Morgan fingerprint density at radius 2 is 1.97 bits per heavy atom. The van der Waals surface area contributed by atoms with Gasteiger partial charge in [0, 0.05) is 18.4 Å². The summed E-state index contributed by atoms with van der Waals surface area (Å²) in [5, 5.41) is 6.87. The van der Waals surface area contributed by atoms with Gasteiger partial charge in [-0.1, -0.05) is 46.8 Å². The maximum absolute atomic E-state index is 12.4. The average molecular weight is 438 g/mol. The van der Waals surface area contributed by atoms with Crippen molar-refractivity contribution >= 4 is 28.3 Å². The molecular formula is C21H18N4O5S. The van der Waals surface area contributed by atoms with Crippen molar-refractivity contribution in [2.24, 2.45) is 0 Å². The molecule has 0 aliphatic rings. The van der Waals surface area contributed by atoms with Gasteiger partial charge in [0.1, 0.15) is 4.88 Å². The van der Waals surface area contributed by atoms with Crippen molar-refractivity contribution in [2.75, 3.05) is 11.9 Å². The summed E-state index contributed by atoms with van der Waals surface area (Å²) in [6, 6.07) is 12.7. The number of anilines is 1. The van der Waals surface area contributed by atoms with Gasteiger partial charge in [0.2, 0.25) is 17.6 Å². The molecule has 4 aromatic rings. The molecule has 0 aliphatic heterocycles. The molecule has 3 heterocycles. The average Bonchev–Trinajstić information content (AvgIpc) is 3.53. The predicted octanol–water partition coefficient (Wildman–Crippen LogP) is 4.20. The van der Waals surface area contributed by atoms with Gasteiger partial charge in [-0.2, -0.15) is 4.98 Å². The van der Waals surface area contributed by atoms with Gasteiger partial charge in [0.15, 0.2) is 10.9 Å². The summed E-state index contributed by atoms with van der Waals surface area (Å²) < 4.78 is 15.5. The maximum atomic E-state index is 12.4. The van der Waals surface area contributed by atoms with Gasteiger partial charge in [-0.25, -0.2) is 9.78 Å². The highest BCUT2D eigenvalue weighted by atomic mass is 32.1. The highest BCUT2D eigenvalue weighted by molar-refractivity contribution is 7.18. The Balaban J connectivity index is 1.43. The lowest BCUT2D eigenvalue weighted by molar-refractivity contribution is -0.116. The maximum Gasteiger partial charge on any atom is 0.350 e. The van der Waals surface area contributed by atoms with Crippen LogP contribution in [0.1, 0.15) is 28.9 Å². The number of furan rings is 1. The van der Waals surface area contributed by atoms with Gasteiger partial charge in [-0.05, 0) is 19.1 Å². The number of thiazole rings is 1. The number of hydrogen-bond donors (Lipinski definition) is 1. The third-order valence-electron chi connectivity index (χ3n) is 4.16. The number of carbonyl (C=O) groups is 2. The first-order chi connectivity index (χ1) is 15.1. The van der Waals surface area contributed by atoms with Crippen LogP contribution in [0.4, 0.5) is 5.13 Å². The van der Waals surface area contributed by atoms with Crippen molar-refractivity contribution in [3.8, 4) is 22.8 Å². The number of nitrogens with zero attached hydrogens (tertiary/aromatic N) is 3. The van der Waals surface area contributed by atoms with Crippen LogP contribution in [0.2, 0.25) is 0 Å².